The van der Waals surface area contributed by atoms with Crippen LogP contribution < -0.4 is 15.4 Å². The molecular weight excluding hydrogens is 252 g/mol. The van der Waals surface area contributed by atoms with Gasteiger partial charge in [0.2, 0.25) is 0 Å². The molecular formula is C16H16N2O2. The number of hydrogen-bond donors (Lipinski definition) is 2. The topological polar surface area (TPSA) is 50.4 Å². The fourth-order valence-corrected chi connectivity index (χ4v) is 2.51. The normalized spacial score (nSPS) is 21.1. The lowest BCUT2D eigenvalue weighted by Crippen LogP contribution is -2.21. The van der Waals surface area contributed by atoms with Gasteiger partial charge in [-0.15, -0.1) is 0 Å². The summed E-state index contributed by atoms with van der Waals surface area (Å²) in [4.78, 5) is 11.7. The van der Waals surface area contributed by atoms with E-state index in [4.69, 9.17) is 4.74 Å². The summed E-state index contributed by atoms with van der Waals surface area (Å²) < 4.78 is 5.16. The Morgan fingerprint density at radius 1 is 0.850 bits per heavy atom. The molecule has 20 heavy (non-hydrogen) atoms. The summed E-state index contributed by atoms with van der Waals surface area (Å²) in [6.07, 6.45) is 0. The number of hydrogen-bond acceptors (Lipinski definition) is 2. The molecule has 0 radical (unpaired) electrons. The van der Waals surface area contributed by atoms with Crippen LogP contribution in [0.2, 0.25) is 0 Å². The number of carbonyl (C=O) groups excluding carboxylic acids is 1. The van der Waals surface area contributed by atoms with E-state index in [1.807, 2.05) is 54.6 Å². The molecule has 1 fully saturated rings. The summed E-state index contributed by atoms with van der Waals surface area (Å²) in [6, 6.07) is 17.5. The Bertz CT molecular complexity index is 596. The molecule has 2 aromatic carbocycles. The molecule has 0 saturated carbocycles. The summed E-state index contributed by atoms with van der Waals surface area (Å²) in [5.41, 5.74) is 2.14. The summed E-state index contributed by atoms with van der Waals surface area (Å²) in [5.74, 6) is 0.808. The van der Waals surface area contributed by atoms with Gasteiger partial charge in [-0.25, -0.2) is 4.79 Å². The second-order valence-electron chi connectivity index (χ2n) is 4.76. The predicted octanol–water partition coefficient (Wildman–Crippen LogP) is 2.79. The van der Waals surface area contributed by atoms with Crippen LogP contribution >= 0.6 is 0 Å². The van der Waals surface area contributed by atoms with Gasteiger partial charge >= 0.3 is 6.03 Å². The lowest BCUT2D eigenvalue weighted by atomic mass is 9.95. The van der Waals surface area contributed by atoms with Gasteiger partial charge in [0, 0.05) is 0 Å². The van der Waals surface area contributed by atoms with E-state index in [1.165, 1.54) is 0 Å². The van der Waals surface area contributed by atoms with E-state index < -0.39 is 0 Å². The van der Waals surface area contributed by atoms with E-state index in [0.29, 0.717) is 0 Å². The summed E-state index contributed by atoms with van der Waals surface area (Å²) in [7, 11) is 1.64. The van der Waals surface area contributed by atoms with E-state index in [9.17, 15) is 4.79 Å². The van der Waals surface area contributed by atoms with E-state index in [0.717, 1.165) is 16.9 Å². The highest BCUT2D eigenvalue weighted by Gasteiger charge is 2.33. The zero-order valence-electron chi connectivity index (χ0n) is 11.2. The van der Waals surface area contributed by atoms with Crippen molar-refractivity contribution in [2.24, 2.45) is 0 Å². The Kier molecular flexibility index (Phi) is 3.29. The molecule has 2 aromatic rings. The number of ether oxygens (including phenoxy) is 1. The Morgan fingerprint density at radius 2 is 1.40 bits per heavy atom. The molecule has 0 aromatic heterocycles. The van der Waals surface area contributed by atoms with E-state index >= 15 is 0 Å². The standard InChI is InChI=1S/C16H16N2O2/c1-20-13-9-7-12(8-10-13)15-14(17-16(19)18-15)11-5-3-2-4-6-11/h2-10,14-15H,1H3,(H2,17,18,19)/t14-,15-/m0/s1. The maximum atomic E-state index is 11.7. The second kappa shape index (κ2) is 5.25. The van der Waals surface area contributed by atoms with Crippen molar-refractivity contribution in [3.8, 4) is 5.75 Å². The number of amides is 2. The molecule has 0 spiro atoms. The fourth-order valence-electron chi connectivity index (χ4n) is 2.51. The molecule has 0 unspecified atom stereocenters. The minimum atomic E-state index is -0.139. The fraction of sp³-hybridized carbons (Fsp3) is 0.188. The first-order chi connectivity index (χ1) is 9.78. The largest absolute Gasteiger partial charge is 0.497 e. The lowest BCUT2D eigenvalue weighted by molar-refractivity contribution is 0.247. The second-order valence-corrected chi connectivity index (χ2v) is 4.76. The molecule has 1 saturated heterocycles. The quantitative estimate of drug-likeness (QED) is 0.899. The van der Waals surface area contributed by atoms with Crippen LogP contribution in [-0.2, 0) is 0 Å². The zero-order chi connectivity index (χ0) is 13.9. The molecule has 2 amide bonds. The highest BCUT2D eigenvalue weighted by Crippen LogP contribution is 2.32. The third-order valence-electron chi connectivity index (χ3n) is 3.54. The van der Waals surface area contributed by atoms with Crippen molar-refractivity contribution in [1.82, 2.24) is 10.6 Å². The average Bonchev–Trinajstić information content (AvgIpc) is 2.90. The van der Waals surface area contributed by atoms with Crippen LogP contribution in [0.25, 0.3) is 0 Å². The van der Waals surface area contributed by atoms with Gasteiger partial charge in [-0.3, -0.25) is 0 Å². The number of methoxy groups -OCH3 is 1. The first-order valence-corrected chi connectivity index (χ1v) is 6.54. The lowest BCUT2D eigenvalue weighted by Gasteiger charge is -2.19. The van der Waals surface area contributed by atoms with Gasteiger partial charge in [0.1, 0.15) is 5.75 Å². The molecule has 4 nitrogen and oxygen atoms in total. The Hall–Kier alpha value is -2.49. The van der Waals surface area contributed by atoms with Gasteiger partial charge in [-0.1, -0.05) is 42.5 Å². The van der Waals surface area contributed by atoms with Crippen LogP contribution in [0.3, 0.4) is 0 Å². The van der Waals surface area contributed by atoms with E-state index in [1.54, 1.807) is 7.11 Å². The molecule has 2 N–H and O–H groups in total. The summed E-state index contributed by atoms with van der Waals surface area (Å²) in [5, 5.41) is 5.93. The molecule has 0 bridgehead atoms. The third-order valence-corrected chi connectivity index (χ3v) is 3.54. The van der Waals surface area contributed by atoms with Gasteiger partial charge in [0.25, 0.3) is 0 Å². The minimum absolute atomic E-state index is 0.0582. The van der Waals surface area contributed by atoms with Gasteiger partial charge in [0.05, 0.1) is 19.2 Å². The monoisotopic (exact) mass is 268 g/mol. The Labute approximate surface area is 117 Å². The molecule has 1 heterocycles. The number of rotatable bonds is 3. The number of carbonyl (C=O) groups is 1. The molecule has 1 aliphatic heterocycles. The average molecular weight is 268 g/mol. The molecule has 0 aliphatic carbocycles. The van der Waals surface area contributed by atoms with Crippen LogP contribution in [0.15, 0.2) is 54.6 Å². The maximum absolute atomic E-state index is 11.7. The van der Waals surface area contributed by atoms with Crippen LogP contribution in [0, 0.1) is 0 Å². The van der Waals surface area contributed by atoms with Gasteiger partial charge in [0.15, 0.2) is 0 Å². The molecule has 2 atom stereocenters. The molecule has 4 heteroatoms. The van der Waals surface area contributed by atoms with Crippen molar-refractivity contribution in [1.29, 1.82) is 0 Å². The first kappa shape index (κ1) is 12.5. The molecule has 3 rings (SSSR count). The van der Waals surface area contributed by atoms with Gasteiger partial charge < -0.3 is 15.4 Å². The molecule has 1 aliphatic rings. The predicted molar refractivity (Wildman–Crippen MR) is 76.6 cm³/mol. The van der Waals surface area contributed by atoms with Crippen LogP contribution in [0.5, 0.6) is 5.75 Å². The van der Waals surface area contributed by atoms with Gasteiger partial charge in [-0.2, -0.15) is 0 Å². The van der Waals surface area contributed by atoms with Crippen molar-refractivity contribution in [2.75, 3.05) is 7.11 Å². The van der Waals surface area contributed by atoms with Crippen molar-refractivity contribution in [3.63, 3.8) is 0 Å². The van der Waals surface area contributed by atoms with Crippen molar-refractivity contribution in [3.05, 3.63) is 65.7 Å². The van der Waals surface area contributed by atoms with Gasteiger partial charge in [-0.05, 0) is 23.3 Å². The van der Waals surface area contributed by atoms with Crippen molar-refractivity contribution >= 4 is 6.03 Å². The summed E-state index contributed by atoms with van der Waals surface area (Å²) in [6.45, 7) is 0. The van der Waals surface area contributed by atoms with Crippen LogP contribution in [-0.4, -0.2) is 13.1 Å². The zero-order valence-corrected chi connectivity index (χ0v) is 11.2. The smallest absolute Gasteiger partial charge is 0.315 e. The Morgan fingerprint density at radius 3 is 1.95 bits per heavy atom. The first-order valence-electron chi connectivity index (χ1n) is 6.54. The number of urea groups is 1. The van der Waals surface area contributed by atoms with Crippen molar-refractivity contribution < 1.29 is 9.53 Å². The van der Waals surface area contributed by atoms with Crippen LogP contribution in [0.1, 0.15) is 23.2 Å². The highest BCUT2D eigenvalue weighted by atomic mass is 16.5. The summed E-state index contributed by atoms with van der Waals surface area (Å²) >= 11 is 0. The Balaban J connectivity index is 1.91. The molecule has 102 valence electrons. The number of benzene rings is 2. The third kappa shape index (κ3) is 2.32. The minimum Gasteiger partial charge on any atom is -0.497 e. The van der Waals surface area contributed by atoms with Crippen LogP contribution in [0.4, 0.5) is 4.79 Å². The SMILES string of the molecule is COc1ccc([C@@H]2NC(=O)N[C@H]2c2ccccc2)cc1. The van der Waals surface area contributed by atoms with Crippen molar-refractivity contribution in [2.45, 2.75) is 12.1 Å². The maximum Gasteiger partial charge on any atom is 0.315 e. The highest BCUT2D eigenvalue weighted by molar-refractivity contribution is 5.78. The van der Waals surface area contributed by atoms with E-state index in [2.05, 4.69) is 10.6 Å². The van der Waals surface area contributed by atoms with E-state index in [-0.39, 0.29) is 18.1 Å². The number of nitrogens with one attached hydrogen (secondary N) is 2.